The Morgan fingerprint density at radius 1 is 1.24 bits per heavy atom. The number of hydrogen-bond donors (Lipinski definition) is 2. The summed E-state index contributed by atoms with van der Waals surface area (Å²) in [5, 5.41) is 10.5. The van der Waals surface area contributed by atoms with Gasteiger partial charge in [0, 0.05) is 44.4 Å². The van der Waals surface area contributed by atoms with Gasteiger partial charge in [0.1, 0.15) is 11.6 Å². The monoisotopic (exact) mass is 400 g/mol. The maximum absolute atomic E-state index is 12.8. The summed E-state index contributed by atoms with van der Waals surface area (Å²) >= 11 is 0. The highest BCUT2D eigenvalue weighted by Crippen LogP contribution is 2.41. The van der Waals surface area contributed by atoms with Crippen molar-refractivity contribution >= 4 is 11.8 Å². The van der Waals surface area contributed by atoms with Gasteiger partial charge in [0.2, 0.25) is 11.8 Å². The highest BCUT2D eigenvalue weighted by Gasteiger charge is 2.49. The minimum absolute atomic E-state index is 0.121. The molecule has 0 aromatic carbocycles. The topological polar surface area (TPSA) is 94.2 Å². The van der Waals surface area contributed by atoms with Gasteiger partial charge in [-0.1, -0.05) is 6.92 Å². The van der Waals surface area contributed by atoms with E-state index in [1.165, 1.54) is 0 Å². The summed E-state index contributed by atoms with van der Waals surface area (Å²) < 4.78 is 0. The number of likely N-dealkylation sites (tertiary alicyclic amines) is 1. The van der Waals surface area contributed by atoms with Crippen LogP contribution in [0.5, 0.6) is 0 Å². The van der Waals surface area contributed by atoms with Crippen LogP contribution in [0, 0.1) is 17.8 Å². The summed E-state index contributed by atoms with van der Waals surface area (Å²) in [5.74, 6) is 3.38. The van der Waals surface area contributed by atoms with Crippen LogP contribution in [0.3, 0.4) is 0 Å². The number of hydrogen-bond acceptors (Lipinski definition) is 5. The predicted octanol–water partition coefficient (Wildman–Crippen LogP) is 1.09. The largest absolute Gasteiger partial charge is 0.354 e. The molecule has 0 spiro atoms. The number of H-pyrrole nitrogens is 1. The molecule has 3 saturated heterocycles. The Balaban J connectivity index is 1.32. The summed E-state index contributed by atoms with van der Waals surface area (Å²) in [6.45, 7) is 5.40. The Morgan fingerprint density at radius 3 is 2.83 bits per heavy atom. The fourth-order valence-corrected chi connectivity index (χ4v) is 5.73. The van der Waals surface area contributed by atoms with Crippen molar-refractivity contribution in [3.05, 3.63) is 11.6 Å². The zero-order valence-corrected chi connectivity index (χ0v) is 17.3. The van der Waals surface area contributed by atoms with Crippen molar-refractivity contribution in [2.75, 3.05) is 19.6 Å². The van der Waals surface area contributed by atoms with Crippen LogP contribution in [-0.2, 0) is 22.6 Å². The molecule has 4 fully saturated rings. The van der Waals surface area contributed by atoms with Crippen molar-refractivity contribution in [3.8, 4) is 0 Å². The molecule has 1 aliphatic carbocycles. The van der Waals surface area contributed by atoms with Gasteiger partial charge in [-0.2, -0.15) is 5.10 Å². The summed E-state index contributed by atoms with van der Waals surface area (Å²) in [7, 11) is 0. The zero-order valence-electron chi connectivity index (χ0n) is 17.3. The van der Waals surface area contributed by atoms with Crippen molar-refractivity contribution in [1.82, 2.24) is 30.3 Å². The van der Waals surface area contributed by atoms with Gasteiger partial charge in [-0.25, -0.2) is 4.98 Å². The molecule has 4 heterocycles. The van der Waals surface area contributed by atoms with Gasteiger partial charge < -0.3 is 10.2 Å². The number of rotatable bonds is 6. The predicted molar refractivity (Wildman–Crippen MR) is 107 cm³/mol. The number of amides is 2. The van der Waals surface area contributed by atoms with E-state index in [0.29, 0.717) is 30.8 Å². The van der Waals surface area contributed by atoms with Crippen LogP contribution in [0.2, 0.25) is 0 Å². The van der Waals surface area contributed by atoms with E-state index in [0.717, 1.165) is 69.8 Å². The molecule has 0 unspecified atom stereocenters. The van der Waals surface area contributed by atoms with Crippen LogP contribution in [0.25, 0.3) is 0 Å². The molecular weight excluding hydrogens is 368 g/mol. The Hall–Kier alpha value is -1.96. The summed E-state index contributed by atoms with van der Waals surface area (Å²) in [4.78, 5) is 34.3. The molecule has 4 atom stereocenters. The number of nitrogens with one attached hydrogen (secondary N) is 2. The van der Waals surface area contributed by atoms with Crippen LogP contribution in [0.15, 0.2) is 0 Å². The second kappa shape index (κ2) is 7.70. The minimum Gasteiger partial charge on any atom is -0.354 e. The quantitative estimate of drug-likeness (QED) is 0.746. The first kappa shape index (κ1) is 19.0. The van der Waals surface area contributed by atoms with Gasteiger partial charge in [0.25, 0.3) is 0 Å². The molecule has 8 nitrogen and oxygen atoms in total. The number of aromatic nitrogens is 3. The van der Waals surface area contributed by atoms with Gasteiger partial charge in [-0.05, 0) is 43.9 Å². The third kappa shape index (κ3) is 3.79. The standard InChI is InChI=1S/C21H32N6O2/c1-2-18-23-19(25-24-18)12-26-10-14-8-15(11-26)17(9-22-21(29)13-6-7-13)27-16(14)4-3-5-20(27)28/h13-17H,2-12H2,1H3,(H,22,29)(H,23,24,25)/t14-,15+,16+,17+/m1/s1. The fourth-order valence-electron chi connectivity index (χ4n) is 5.73. The summed E-state index contributed by atoms with van der Waals surface area (Å²) in [6.07, 6.45) is 6.76. The number of aryl methyl sites for hydroxylation is 1. The highest BCUT2D eigenvalue weighted by molar-refractivity contribution is 5.81. The lowest BCUT2D eigenvalue weighted by atomic mass is 9.72. The normalized spacial score (nSPS) is 32.2. The molecule has 5 rings (SSSR count). The lowest BCUT2D eigenvalue weighted by molar-refractivity contribution is -0.153. The SMILES string of the molecule is CCc1n[nH]c(CN2C[C@H]3C[C@@H](C2)[C@H](CNC(=O)C2CC2)N2C(=O)CCC[C@@H]32)n1. The molecule has 4 aliphatic rings. The van der Waals surface area contributed by atoms with Crippen LogP contribution >= 0.6 is 0 Å². The van der Waals surface area contributed by atoms with E-state index in [2.05, 4.69) is 37.2 Å². The number of piperidine rings is 3. The van der Waals surface area contributed by atoms with Crippen molar-refractivity contribution in [2.45, 2.75) is 70.5 Å². The van der Waals surface area contributed by atoms with E-state index in [-0.39, 0.29) is 23.8 Å². The number of fused-ring (bicyclic) bond motifs is 4. The maximum Gasteiger partial charge on any atom is 0.223 e. The van der Waals surface area contributed by atoms with Gasteiger partial charge in [0.15, 0.2) is 0 Å². The fraction of sp³-hybridized carbons (Fsp3) is 0.810. The first-order chi connectivity index (χ1) is 14.1. The second-order valence-corrected chi connectivity index (χ2v) is 9.35. The Bertz CT molecular complexity index is 775. The first-order valence-corrected chi connectivity index (χ1v) is 11.3. The number of carbonyl (C=O) groups is 2. The third-order valence-electron chi connectivity index (χ3n) is 7.27. The second-order valence-electron chi connectivity index (χ2n) is 9.35. The molecule has 3 aliphatic heterocycles. The minimum atomic E-state index is 0.121. The molecule has 8 heteroatoms. The van der Waals surface area contributed by atoms with Crippen LogP contribution < -0.4 is 5.32 Å². The van der Waals surface area contributed by atoms with Gasteiger partial charge in [0.05, 0.1) is 12.6 Å². The number of nitrogens with zero attached hydrogens (tertiary/aromatic N) is 4. The lowest BCUT2D eigenvalue weighted by Crippen LogP contribution is -2.67. The lowest BCUT2D eigenvalue weighted by Gasteiger charge is -2.56. The van der Waals surface area contributed by atoms with Crippen LogP contribution in [0.1, 0.15) is 57.1 Å². The molecule has 1 saturated carbocycles. The van der Waals surface area contributed by atoms with E-state index >= 15 is 0 Å². The zero-order chi connectivity index (χ0) is 20.0. The Kier molecular flexibility index (Phi) is 5.05. The molecule has 1 aromatic heterocycles. The molecule has 1 aromatic rings. The van der Waals surface area contributed by atoms with Crippen molar-refractivity contribution < 1.29 is 9.59 Å². The molecule has 2 amide bonds. The average Bonchev–Trinajstić information content (AvgIpc) is 3.48. The van der Waals surface area contributed by atoms with Crippen molar-refractivity contribution in [3.63, 3.8) is 0 Å². The van der Waals surface area contributed by atoms with Gasteiger partial charge >= 0.3 is 0 Å². The van der Waals surface area contributed by atoms with E-state index in [1.807, 2.05) is 0 Å². The first-order valence-electron chi connectivity index (χ1n) is 11.3. The van der Waals surface area contributed by atoms with E-state index in [4.69, 9.17) is 0 Å². The molecule has 158 valence electrons. The number of carbonyl (C=O) groups excluding carboxylic acids is 2. The van der Waals surface area contributed by atoms with Gasteiger partial charge in [-0.15, -0.1) is 0 Å². The van der Waals surface area contributed by atoms with Gasteiger partial charge in [-0.3, -0.25) is 19.6 Å². The molecule has 29 heavy (non-hydrogen) atoms. The molecule has 2 N–H and O–H groups in total. The third-order valence-corrected chi connectivity index (χ3v) is 7.27. The molecular formula is C21H32N6O2. The van der Waals surface area contributed by atoms with E-state index in [1.54, 1.807) is 0 Å². The van der Waals surface area contributed by atoms with E-state index in [9.17, 15) is 9.59 Å². The summed E-state index contributed by atoms with van der Waals surface area (Å²) in [6, 6.07) is 0.439. The molecule has 0 radical (unpaired) electrons. The van der Waals surface area contributed by atoms with Crippen molar-refractivity contribution in [1.29, 1.82) is 0 Å². The smallest absolute Gasteiger partial charge is 0.223 e. The Labute approximate surface area is 171 Å². The van der Waals surface area contributed by atoms with Crippen LogP contribution in [0.4, 0.5) is 0 Å². The molecule has 2 bridgehead atoms. The van der Waals surface area contributed by atoms with E-state index < -0.39 is 0 Å². The van der Waals surface area contributed by atoms with Crippen LogP contribution in [-0.4, -0.2) is 68.5 Å². The maximum atomic E-state index is 12.8. The average molecular weight is 401 g/mol. The highest BCUT2D eigenvalue weighted by atomic mass is 16.2. The summed E-state index contributed by atoms with van der Waals surface area (Å²) in [5.41, 5.74) is 0. The number of aromatic amines is 1. The van der Waals surface area contributed by atoms with Crippen molar-refractivity contribution in [2.24, 2.45) is 17.8 Å². The Morgan fingerprint density at radius 2 is 2.07 bits per heavy atom.